The summed E-state index contributed by atoms with van der Waals surface area (Å²) in [7, 11) is 0. The fourth-order valence-electron chi connectivity index (χ4n) is 3.71. The van der Waals surface area contributed by atoms with E-state index in [1.807, 2.05) is 4.90 Å². The Kier molecular flexibility index (Phi) is 6.19. The van der Waals surface area contributed by atoms with Crippen molar-refractivity contribution in [1.29, 1.82) is 0 Å². The van der Waals surface area contributed by atoms with Crippen LogP contribution in [0, 0.1) is 5.92 Å². The first-order valence-electron chi connectivity index (χ1n) is 9.16. The van der Waals surface area contributed by atoms with E-state index in [9.17, 15) is 18.0 Å². The summed E-state index contributed by atoms with van der Waals surface area (Å²) in [5.41, 5.74) is -0.229. The van der Waals surface area contributed by atoms with Crippen molar-refractivity contribution >= 4 is 5.91 Å². The van der Waals surface area contributed by atoms with E-state index in [4.69, 9.17) is 4.74 Å². The lowest BCUT2D eigenvalue weighted by atomic mass is 9.92. The summed E-state index contributed by atoms with van der Waals surface area (Å²) in [5.74, 6) is 0.494. The molecule has 0 aromatic heterocycles. The van der Waals surface area contributed by atoms with Gasteiger partial charge in [-0.05, 0) is 43.5 Å². The van der Waals surface area contributed by atoms with Crippen LogP contribution < -0.4 is 0 Å². The Morgan fingerprint density at radius 1 is 1.08 bits per heavy atom. The molecule has 26 heavy (non-hydrogen) atoms. The Morgan fingerprint density at radius 2 is 1.73 bits per heavy atom. The van der Waals surface area contributed by atoms with E-state index < -0.39 is 11.7 Å². The van der Waals surface area contributed by atoms with Gasteiger partial charge in [-0.1, -0.05) is 18.2 Å². The van der Waals surface area contributed by atoms with Gasteiger partial charge in [0.25, 0.3) is 0 Å². The Hall–Kier alpha value is -1.60. The zero-order chi connectivity index (χ0) is 18.6. The van der Waals surface area contributed by atoms with Gasteiger partial charge < -0.3 is 9.64 Å². The maximum Gasteiger partial charge on any atom is 0.416 e. The van der Waals surface area contributed by atoms with Gasteiger partial charge in [0, 0.05) is 26.1 Å². The molecule has 0 N–H and O–H groups in total. The molecule has 2 saturated heterocycles. The normalized spacial score (nSPS) is 20.3. The summed E-state index contributed by atoms with van der Waals surface area (Å²) in [6.45, 7) is 4.28. The van der Waals surface area contributed by atoms with Crippen LogP contribution in [0.1, 0.15) is 30.4 Å². The molecule has 2 aliphatic heterocycles. The van der Waals surface area contributed by atoms with E-state index in [1.165, 1.54) is 6.07 Å². The number of ether oxygens (including phenoxy) is 1. The topological polar surface area (TPSA) is 32.8 Å². The quantitative estimate of drug-likeness (QED) is 0.816. The highest BCUT2D eigenvalue weighted by Crippen LogP contribution is 2.33. The minimum absolute atomic E-state index is 0.175. The Morgan fingerprint density at radius 3 is 2.38 bits per heavy atom. The molecule has 4 nitrogen and oxygen atoms in total. The van der Waals surface area contributed by atoms with Crippen LogP contribution in [0.2, 0.25) is 0 Å². The van der Waals surface area contributed by atoms with Crippen molar-refractivity contribution in [2.45, 2.75) is 32.0 Å². The van der Waals surface area contributed by atoms with Gasteiger partial charge in [-0.3, -0.25) is 9.69 Å². The highest BCUT2D eigenvalue weighted by atomic mass is 19.4. The Bertz CT molecular complexity index is 607. The van der Waals surface area contributed by atoms with Gasteiger partial charge in [-0.15, -0.1) is 0 Å². The summed E-state index contributed by atoms with van der Waals surface area (Å²) < 4.78 is 44.6. The van der Waals surface area contributed by atoms with Crippen molar-refractivity contribution < 1.29 is 22.7 Å². The molecule has 144 valence electrons. The fourth-order valence-corrected chi connectivity index (χ4v) is 3.71. The molecule has 0 spiro atoms. The first-order chi connectivity index (χ1) is 12.4. The summed E-state index contributed by atoms with van der Waals surface area (Å²) in [6.07, 6.45) is -2.08. The number of hydrogen-bond acceptors (Lipinski definition) is 3. The number of carbonyl (C=O) groups excluding carboxylic acids is 1. The van der Waals surface area contributed by atoms with Crippen LogP contribution in [0.15, 0.2) is 24.3 Å². The number of morpholine rings is 1. The first kappa shape index (κ1) is 19.2. The molecular formula is C19H25F3N2O2. The summed E-state index contributed by atoms with van der Waals surface area (Å²) >= 11 is 0. The molecule has 0 unspecified atom stereocenters. The number of alkyl halides is 3. The molecule has 0 atom stereocenters. The standard InChI is InChI=1S/C19H25F3N2O2/c20-19(21,22)17-4-2-1-3-16(17)14-23-7-5-15(6-8-23)13-18(25)24-9-11-26-12-10-24/h1-4,15H,5-14H2. The van der Waals surface area contributed by atoms with Crippen LogP contribution >= 0.6 is 0 Å². The summed E-state index contributed by atoms with van der Waals surface area (Å²) in [6, 6.07) is 5.77. The molecule has 1 amide bonds. The number of piperidine rings is 1. The molecule has 2 aliphatic rings. The van der Waals surface area contributed by atoms with Gasteiger partial charge in [0.05, 0.1) is 18.8 Å². The third-order valence-electron chi connectivity index (χ3n) is 5.25. The number of nitrogens with zero attached hydrogens (tertiary/aromatic N) is 2. The molecule has 3 rings (SSSR count). The first-order valence-corrected chi connectivity index (χ1v) is 9.16. The summed E-state index contributed by atoms with van der Waals surface area (Å²) in [5, 5.41) is 0. The number of halogens is 3. The van der Waals surface area contributed by atoms with Crippen LogP contribution in [0.4, 0.5) is 13.2 Å². The van der Waals surface area contributed by atoms with Crippen LogP contribution in [0.5, 0.6) is 0 Å². The second-order valence-electron chi connectivity index (χ2n) is 7.07. The van der Waals surface area contributed by atoms with E-state index in [-0.39, 0.29) is 5.91 Å². The van der Waals surface area contributed by atoms with Crippen molar-refractivity contribution in [2.24, 2.45) is 5.92 Å². The number of likely N-dealkylation sites (tertiary alicyclic amines) is 1. The van der Waals surface area contributed by atoms with Gasteiger partial charge in [0.15, 0.2) is 0 Å². The van der Waals surface area contributed by atoms with Gasteiger partial charge in [-0.25, -0.2) is 0 Å². The van der Waals surface area contributed by atoms with Crippen molar-refractivity contribution in [3.8, 4) is 0 Å². The Labute approximate surface area is 151 Å². The highest BCUT2D eigenvalue weighted by molar-refractivity contribution is 5.76. The van der Waals surface area contributed by atoms with E-state index in [0.29, 0.717) is 50.8 Å². The average Bonchev–Trinajstić information content (AvgIpc) is 2.63. The lowest BCUT2D eigenvalue weighted by Crippen LogP contribution is -2.42. The van der Waals surface area contributed by atoms with E-state index in [1.54, 1.807) is 12.1 Å². The zero-order valence-corrected chi connectivity index (χ0v) is 14.8. The zero-order valence-electron chi connectivity index (χ0n) is 14.8. The minimum atomic E-state index is -4.32. The second-order valence-corrected chi connectivity index (χ2v) is 7.07. The predicted molar refractivity (Wildman–Crippen MR) is 91.5 cm³/mol. The van der Waals surface area contributed by atoms with E-state index in [2.05, 4.69) is 4.90 Å². The van der Waals surface area contributed by atoms with Crippen molar-refractivity contribution in [3.05, 3.63) is 35.4 Å². The highest BCUT2D eigenvalue weighted by Gasteiger charge is 2.33. The van der Waals surface area contributed by atoms with E-state index >= 15 is 0 Å². The molecule has 1 aromatic rings. The maximum atomic E-state index is 13.1. The monoisotopic (exact) mass is 370 g/mol. The smallest absolute Gasteiger partial charge is 0.378 e. The molecular weight excluding hydrogens is 345 g/mol. The van der Waals surface area contributed by atoms with E-state index in [0.717, 1.165) is 32.0 Å². The fraction of sp³-hybridized carbons (Fsp3) is 0.632. The largest absolute Gasteiger partial charge is 0.416 e. The number of hydrogen-bond donors (Lipinski definition) is 0. The maximum absolute atomic E-state index is 13.1. The number of amides is 1. The summed E-state index contributed by atoms with van der Waals surface area (Å²) in [4.78, 5) is 16.2. The third kappa shape index (κ3) is 4.98. The lowest BCUT2D eigenvalue weighted by molar-refractivity contribution is -0.139. The molecule has 2 fully saturated rings. The van der Waals surface area contributed by atoms with Crippen molar-refractivity contribution in [1.82, 2.24) is 9.80 Å². The van der Waals surface area contributed by atoms with Crippen LogP contribution in [-0.2, 0) is 22.3 Å². The second kappa shape index (κ2) is 8.39. The van der Waals surface area contributed by atoms with Crippen molar-refractivity contribution in [2.75, 3.05) is 39.4 Å². The average molecular weight is 370 g/mol. The van der Waals surface area contributed by atoms with Crippen LogP contribution in [0.3, 0.4) is 0 Å². The lowest BCUT2D eigenvalue weighted by Gasteiger charge is -2.34. The van der Waals surface area contributed by atoms with Gasteiger partial charge in [-0.2, -0.15) is 13.2 Å². The molecule has 0 aliphatic carbocycles. The minimum Gasteiger partial charge on any atom is -0.378 e. The molecule has 0 radical (unpaired) electrons. The molecule has 1 aromatic carbocycles. The predicted octanol–water partition coefficient (Wildman–Crippen LogP) is 3.17. The van der Waals surface area contributed by atoms with Gasteiger partial charge >= 0.3 is 6.18 Å². The molecule has 7 heteroatoms. The number of rotatable bonds is 4. The molecule has 0 bridgehead atoms. The molecule has 0 saturated carbocycles. The van der Waals surface area contributed by atoms with Gasteiger partial charge in [0.1, 0.15) is 0 Å². The third-order valence-corrected chi connectivity index (χ3v) is 5.25. The number of benzene rings is 1. The SMILES string of the molecule is O=C(CC1CCN(Cc2ccccc2C(F)(F)F)CC1)N1CCOCC1. The van der Waals surface area contributed by atoms with Crippen LogP contribution in [0.25, 0.3) is 0 Å². The van der Waals surface area contributed by atoms with Gasteiger partial charge in [0.2, 0.25) is 5.91 Å². The molecule has 2 heterocycles. The van der Waals surface area contributed by atoms with Crippen molar-refractivity contribution in [3.63, 3.8) is 0 Å². The number of carbonyl (C=O) groups is 1. The van der Waals surface area contributed by atoms with Crippen LogP contribution in [-0.4, -0.2) is 55.1 Å². The Balaban J connectivity index is 1.49.